The van der Waals surface area contributed by atoms with Gasteiger partial charge in [-0.15, -0.1) is 0 Å². The number of nitrogens with zero attached hydrogens (tertiary/aromatic N) is 3. The van der Waals surface area contributed by atoms with E-state index in [0.29, 0.717) is 25.0 Å². The molecule has 1 aromatic heterocycles. The summed E-state index contributed by atoms with van der Waals surface area (Å²) in [5, 5.41) is 0. The Bertz CT molecular complexity index is 611. The van der Waals surface area contributed by atoms with Crippen molar-refractivity contribution in [2.45, 2.75) is 18.9 Å². The predicted octanol–water partition coefficient (Wildman–Crippen LogP) is 1.12. The lowest BCUT2D eigenvalue weighted by atomic mass is 10.0. The highest BCUT2D eigenvalue weighted by Crippen LogP contribution is 2.33. The molecule has 0 aromatic carbocycles. The maximum absolute atomic E-state index is 11.4. The zero-order valence-corrected chi connectivity index (χ0v) is 13.9. The van der Waals surface area contributed by atoms with Crippen LogP contribution in [-0.2, 0) is 10.0 Å². The van der Waals surface area contributed by atoms with Crippen molar-refractivity contribution in [3.8, 4) is 5.75 Å². The van der Waals surface area contributed by atoms with Gasteiger partial charge in [-0.1, -0.05) is 0 Å². The van der Waals surface area contributed by atoms with Gasteiger partial charge in [-0.3, -0.25) is 9.88 Å². The van der Waals surface area contributed by atoms with Crippen LogP contribution in [0, 0.1) is 5.92 Å². The van der Waals surface area contributed by atoms with Gasteiger partial charge in [0.25, 0.3) is 0 Å². The average molecular weight is 325 g/mol. The van der Waals surface area contributed by atoms with E-state index in [0.717, 1.165) is 31.0 Å². The third kappa shape index (κ3) is 3.26. The normalized spacial score (nSPS) is 24.4. The predicted molar refractivity (Wildman–Crippen MR) is 84.2 cm³/mol. The second kappa shape index (κ2) is 6.14. The van der Waals surface area contributed by atoms with E-state index in [4.69, 9.17) is 4.74 Å². The molecule has 22 heavy (non-hydrogen) atoms. The number of methoxy groups -OCH3 is 1. The minimum Gasteiger partial charge on any atom is -0.495 e. The van der Waals surface area contributed by atoms with Gasteiger partial charge in [0.2, 0.25) is 10.0 Å². The minimum absolute atomic E-state index is 0.346. The number of hydrogen-bond acceptors (Lipinski definition) is 5. The van der Waals surface area contributed by atoms with E-state index in [1.165, 1.54) is 12.7 Å². The molecule has 2 aliphatic heterocycles. The van der Waals surface area contributed by atoms with Crippen molar-refractivity contribution < 1.29 is 13.2 Å². The Kier molecular flexibility index (Phi) is 4.38. The Morgan fingerprint density at radius 3 is 2.73 bits per heavy atom. The lowest BCUT2D eigenvalue weighted by Gasteiger charge is -2.40. The maximum atomic E-state index is 11.4. The van der Waals surface area contributed by atoms with Gasteiger partial charge in [0.05, 0.1) is 31.3 Å². The lowest BCUT2D eigenvalue weighted by molar-refractivity contribution is 0.125. The van der Waals surface area contributed by atoms with Crippen LogP contribution in [0.2, 0.25) is 0 Å². The van der Waals surface area contributed by atoms with Crippen molar-refractivity contribution in [1.29, 1.82) is 0 Å². The fourth-order valence-electron chi connectivity index (χ4n) is 3.33. The molecule has 3 rings (SSSR count). The van der Waals surface area contributed by atoms with Gasteiger partial charge in [-0.2, -0.15) is 0 Å². The molecule has 0 saturated carbocycles. The number of ether oxygens (including phenoxy) is 1. The zero-order valence-electron chi connectivity index (χ0n) is 13.1. The largest absolute Gasteiger partial charge is 0.495 e. The SMILES string of the molecule is COc1ccc(C2CCCN2CC2CN(S(C)(=O)=O)C2)nc1. The second-order valence-corrected chi connectivity index (χ2v) is 8.20. The fourth-order valence-corrected chi connectivity index (χ4v) is 4.29. The highest BCUT2D eigenvalue weighted by Gasteiger charge is 2.37. The summed E-state index contributed by atoms with van der Waals surface area (Å²) in [6.45, 7) is 3.31. The van der Waals surface area contributed by atoms with E-state index in [1.807, 2.05) is 12.1 Å². The molecule has 2 fully saturated rings. The van der Waals surface area contributed by atoms with Crippen LogP contribution in [-0.4, -0.2) is 62.2 Å². The van der Waals surface area contributed by atoms with Gasteiger partial charge < -0.3 is 4.74 Å². The van der Waals surface area contributed by atoms with Crippen molar-refractivity contribution in [3.05, 3.63) is 24.0 Å². The summed E-state index contributed by atoms with van der Waals surface area (Å²) in [5.41, 5.74) is 1.08. The molecule has 0 radical (unpaired) electrons. The molecule has 2 saturated heterocycles. The van der Waals surface area contributed by atoms with Gasteiger partial charge in [0.15, 0.2) is 0 Å². The Hall–Kier alpha value is -1.18. The van der Waals surface area contributed by atoms with Crippen molar-refractivity contribution in [2.24, 2.45) is 5.92 Å². The summed E-state index contributed by atoms with van der Waals surface area (Å²) in [4.78, 5) is 6.96. The van der Waals surface area contributed by atoms with Crippen LogP contribution in [0.4, 0.5) is 0 Å². The third-order valence-corrected chi connectivity index (χ3v) is 5.82. The van der Waals surface area contributed by atoms with Crippen LogP contribution in [0.3, 0.4) is 0 Å². The van der Waals surface area contributed by atoms with E-state index in [2.05, 4.69) is 9.88 Å². The van der Waals surface area contributed by atoms with Crippen molar-refractivity contribution in [3.63, 3.8) is 0 Å². The summed E-state index contributed by atoms with van der Waals surface area (Å²) in [5.74, 6) is 1.21. The fraction of sp³-hybridized carbons (Fsp3) is 0.667. The number of pyridine rings is 1. The van der Waals surface area contributed by atoms with Crippen molar-refractivity contribution >= 4 is 10.0 Å². The highest BCUT2D eigenvalue weighted by molar-refractivity contribution is 7.88. The first kappa shape index (κ1) is 15.7. The van der Waals surface area contributed by atoms with Gasteiger partial charge in [0, 0.05) is 19.6 Å². The summed E-state index contributed by atoms with van der Waals surface area (Å²) in [7, 11) is -1.38. The Balaban J connectivity index is 1.59. The van der Waals surface area contributed by atoms with Crippen molar-refractivity contribution in [1.82, 2.24) is 14.2 Å². The smallest absolute Gasteiger partial charge is 0.211 e. The van der Waals surface area contributed by atoms with Crippen LogP contribution in [0.1, 0.15) is 24.6 Å². The summed E-state index contributed by atoms with van der Waals surface area (Å²) in [6, 6.07) is 4.33. The summed E-state index contributed by atoms with van der Waals surface area (Å²) < 4.78 is 29.6. The molecule has 6 nitrogen and oxygen atoms in total. The molecular formula is C15H23N3O3S. The van der Waals surface area contributed by atoms with Crippen LogP contribution < -0.4 is 4.74 Å². The quantitative estimate of drug-likeness (QED) is 0.812. The van der Waals surface area contributed by atoms with Crippen LogP contribution in [0.5, 0.6) is 5.75 Å². The molecule has 0 bridgehead atoms. The first-order valence-electron chi connectivity index (χ1n) is 7.66. The molecule has 1 unspecified atom stereocenters. The van der Waals surface area contributed by atoms with Crippen LogP contribution in [0.15, 0.2) is 18.3 Å². The van der Waals surface area contributed by atoms with E-state index in [9.17, 15) is 8.42 Å². The standard InChI is InChI=1S/C15H23N3O3S/c1-21-13-5-6-14(16-8-13)15-4-3-7-17(15)9-12-10-18(11-12)22(2,19)20/h5-6,8,12,15H,3-4,7,9-11H2,1-2H3. The lowest BCUT2D eigenvalue weighted by Crippen LogP contribution is -2.53. The Labute approximate surface area is 132 Å². The Morgan fingerprint density at radius 1 is 1.36 bits per heavy atom. The summed E-state index contributed by atoms with van der Waals surface area (Å²) >= 11 is 0. The summed E-state index contributed by atoms with van der Waals surface area (Å²) in [6.07, 6.45) is 5.33. The average Bonchev–Trinajstić information content (AvgIpc) is 2.89. The van der Waals surface area contributed by atoms with E-state index >= 15 is 0 Å². The molecule has 2 aliphatic rings. The number of likely N-dealkylation sites (tertiary alicyclic amines) is 1. The molecule has 1 aromatic rings. The Morgan fingerprint density at radius 2 is 2.14 bits per heavy atom. The van der Waals surface area contributed by atoms with Crippen LogP contribution >= 0.6 is 0 Å². The molecule has 0 amide bonds. The van der Waals surface area contributed by atoms with Crippen LogP contribution in [0.25, 0.3) is 0 Å². The third-order valence-electron chi connectivity index (χ3n) is 4.59. The number of rotatable bonds is 5. The van der Waals surface area contributed by atoms with E-state index in [1.54, 1.807) is 17.6 Å². The first-order chi connectivity index (χ1) is 10.5. The topological polar surface area (TPSA) is 62.7 Å². The molecule has 7 heteroatoms. The van der Waals surface area contributed by atoms with Gasteiger partial charge >= 0.3 is 0 Å². The zero-order chi connectivity index (χ0) is 15.7. The number of hydrogen-bond donors (Lipinski definition) is 0. The van der Waals surface area contributed by atoms with Gasteiger partial charge in [-0.25, -0.2) is 12.7 Å². The minimum atomic E-state index is -3.02. The molecule has 0 aliphatic carbocycles. The van der Waals surface area contributed by atoms with Gasteiger partial charge in [0.1, 0.15) is 5.75 Å². The molecule has 1 atom stereocenters. The van der Waals surface area contributed by atoms with Gasteiger partial charge in [-0.05, 0) is 37.4 Å². The molecule has 122 valence electrons. The maximum Gasteiger partial charge on any atom is 0.211 e. The molecular weight excluding hydrogens is 302 g/mol. The molecule has 0 N–H and O–H groups in total. The van der Waals surface area contributed by atoms with Crippen molar-refractivity contribution in [2.75, 3.05) is 39.5 Å². The number of aromatic nitrogens is 1. The highest BCUT2D eigenvalue weighted by atomic mass is 32.2. The molecule has 3 heterocycles. The second-order valence-electron chi connectivity index (χ2n) is 6.22. The monoisotopic (exact) mass is 325 g/mol. The van der Waals surface area contributed by atoms with E-state index in [-0.39, 0.29) is 0 Å². The number of sulfonamides is 1. The first-order valence-corrected chi connectivity index (χ1v) is 9.51. The van der Waals surface area contributed by atoms with E-state index < -0.39 is 10.0 Å². The molecule has 0 spiro atoms.